The van der Waals surface area contributed by atoms with Crippen molar-refractivity contribution in [1.29, 1.82) is 0 Å². The van der Waals surface area contributed by atoms with Crippen molar-refractivity contribution in [1.82, 2.24) is 0 Å². The molecule has 0 unspecified atom stereocenters. The van der Waals surface area contributed by atoms with Gasteiger partial charge in [-0.05, 0) is 122 Å². The van der Waals surface area contributed by atoms with Gasteiger partial charge in [-0.1, -0.05) is 72.5 Å². The Morgan fingerprint density at radius 3 is 2.48 bits per heavy atom. The quantitative estimate of drug-likeness (QED) is 0.215. The van der Waals surface area contributed by atoms with E-state index in [0.717, 1.165) is 66.9 Å². The molecule has 0 aromatic heterocycles. The SMILES string of the molecule is CCCOc1ccc(C(=O)O[C@H]2CC[C@@]3(C)C(=CC[C@@H]4[C@H]5CC[C@@H]([C@@H](C)CCCC(C)C)[C@@]5(C)CC[C@H]43)C2)cc1. The molecule has 5 rings (SSSR count). The summed E-state index contributed by atoms with van der Waals surface area (Å²) in [5.41, 5.74) is 3.02. The number of hydrogen-bond donors (Lipinski definition) is 0. The molecule has 3 saturated carbocycles. The molecular formula is C37H56O3. The molecule has 40 heavy (non-hydrogen) atoms. The zero-order chi connectivity index (χ0) is 28.5. The van der Waals surface area contributed by atoms with Gasteiger partial charge < -0.3 is 9.47 Å². The standard InChI is InChI=1S/C37H56O3/c1-7-23-39-29-14-11-27(12-15-29)35(38)40-30-19-21-36(5)28(24-30)13-16-31-33-18-17-32(26(4)10-8-9-25(2)3)37(33,6)22-20-34(31)36/h11-15,25-26,30-34H,7-10,16-24H2,1-6H3/t26-,30-,31+,32-,33+,34+,36-,37+/m0/s1. The average Bonchev–Trinajstić information content (AvgIpc) is 3.29. The first-order valence-electron chi connectivity index (χ1n) is 16.8. The van der Waals surface area contributed by atoms with E-state index >= 15 is 0 Å². The first-order chi connectivity index (χ1) is 19.2. The Labute approximate surface area is 244 Å². The van der Waals surface area contributed by atoms with Crippen molar-refractivity contribution in [2.45, 2.75) is 125 Å². The van der Waals surface area contributed by atoms with Crippen molar-refractivity contribution in [3.8, 4) is 5.75 Å². The lowest BCUT2D eigenvalue weighted by molar-refractivity contribution is -0.0594. The van der Waals surface area contributed by atoms with Crippen LogP contribution in [0, 0.1) is 46.3 Å². The maximum absolute atomic E-state index is 13.0. The zero-order valence-electron chi connectivity index (χ0n) is 26.3. The van der Waals surface area contributed by atoms with Crippen LogP contribution < -0.4 is 4.74 Å². The van der Waals surface area contributed by atoms with Gasteiger partial charge in [0.05, 0.1) is 12.2 Å². The molecule has 1 aromatic rings. The summed E-state index contributed by atoms with van der Waals surface area (Å²) in [4.78, 5) is 13.0. The van der Waals surface area contributed by atoms with Gasteiger partial charge >= 0.3 is 5.97 Å². The number of hydrogen-bond acceptors (Lipinski definition) is 3. The molecular weight excluding hydrogens is 492 g/mol. The molecule has 0 aliphatic heterocycles. The number of rotatable bonds is 10. The fraction of sp³-hybridized carbons (Fsp3) is 0.757. The van der Waals surface area contributed by atoms with Crippen LogP contribution in [0.15, 0.2) is 35.9 Å². The third kappa shape index (κ3) is 5.78. The van der Waals surface area contributed by atoms with Crippen LogP contribution in [0.4, 0.5) is 0 Å². The van der Waals surface area contributed by atoms with Gasteiger partial charge in [-0.3, -0.25) is 0 Å². The third-order valence-electron chi connectivity index (χ3n) is 12.1. The Kier molecular flexibility index (Phi) is 9.08. The highest BCUT2D eigenvalue weighted by Gasteiger charge is 2.59. The smallest absolute Gasteiger partial charge is 0.338 e. The lowest BCUT2D eigenvalue weighted by Crippen LogP contribution is -2.51. The van der Waals surface area contributed by atoms with Gasteiger partial charge in [-0.2, -0.15) is 0 Å². The van der Waals surface area contributed by atoms with Crippen molar-refractivity contribution >= 4 is 5.97 Å². The summed E-state index contributed by atoms with van der Waals surface area (Å²) >= 11 is 0. The molecule has 1 aromatic carbocycles. The lowest BCUT2D eigenvalue weighted by atomic mass is 9.47. The number of allylic oxidation sites excluding steroid dienone is 1. The normalized spacial score (nSPS) is 35.8. The molecule has 3 nitrogen and oxygen atoms in total. The predicted octanol–water partition coefficient (Wildman–Crippen LogP) is 10.0. The van der Waals surface area contributed by atoms with E-state index in [0.29, 0.717) is 17.6 Å². The van der Waals surface area contributed by atoms with Gasteiger partial charge in [-0.25, -0.2) is 4.79 Å². The van der Waals surface area contributed by atoms with E-state index in [1.165, 1.54) is 51.4 Å². The Hall–Kier alpha value is -1.77. The number of carbonyl (C=O) groups excluding carboxylic acids is 1. The minimum Gasteiger partial charge on any atom is -0.494 e. The van der Waals surface area contributed by atoms with E-state index in [9.17, 15) is 4.79 Å². The lowest BCUT2D eigenvalue weighted by Gasteiger charge is -2.58. The Balaban J connectivity index is 1.21. The highest BCUT2D eigenvalue weighted by molar-refractivity contribution is 5.89. The number of ether oxygens (including phenoxy) is 2. The van der Waals surface area contributed by atoms with Gasteiger partial charge in [0.15, 0.2) is 0 Å². The molecule has 3 fully saturated rings. The summed E-state index contributed by atoms with van der Waals surface area (Å²) in [6.07, 6.45) is 17.8. The molecule has 0 N–H and O–H groups in total. The van der Waals surface area contributed by atoms with E-state index in [-0.39, 0.29) is 17.5 Å². The molecule has 4 aliphatic rings. The van der Waals surface area contributed by atoms with Gasteiger partial charge in [0.25, 0.3) is 0 Å². The number of benzene rings is 1. The highest BCUT2D eigenvalue weighted by Crippen LogP contribution is 2.67. The summed E-state index contributed by atoms with van der Waals surface area (Å²) in [6, 6.07) is 7.43. The first kappa shape index (κ1) is 29.7. The Bertz CT molecular complexity index is 1040. The number of carbonyl (C=O) groups is 1. The molecule has 0 amide bonds. The van der Waals surface area contributed by atoms with Crippen molar-refractivity contribution < 1.29 is 14.3 Å². The summed E-state index contributed by atoms with van der Waals surface area (Å²) in [5.74, 6) is 5.74. The topological polar surface area (TPSA) is 35.5 Å². The predicted molar refractivity (Wildman–Crippen MR) is 164 cm³/mol. The van der Waals surface area contributed by atoms with Gasteiger partial charge in [0.1, 0.15) is 11.9 Å². The summed E-state index contributed by atoms with van der Waals surface area (Å²) in [5, 5.41) is 0. The Morgan fingerprint density at radius 2 is 1.75 bits per heavy atom. The fourth-order valence-electron chi connectivity index (χ4n) is 9.88. The van der Waals surface area contributed by atoms with E-state index in [1.54, 1.807) is 5.57 Å². The molecule has 3 heteroatoms. The second kappa shape index (κ2) is 12.2. The first-order valence-corrected chi connectivity index (χ1v) is 16.8. The highest BCUT2D eigenvalue weighted by atomic mass is 16.5. The molecule has 0 spiro atoms. The van der Waals surface area contributed by atoms with Gasteiger partial charge in [0.2, 0.25) is 0 Å². The number of esters is 1. The van der Waals surface area contributed by atoms with Crippen molar-refractivity contribution in [2.24, 2.45) is 46.3 Å². The second-order valence-corrected chi connectivity index (χ2v) is 14.9. The van der Waals surface area contributed by atoms with E-state index in [1.807, 2.05) is 24.3 Å². The minimum absolute atomic E-state index is 0.00389. The van der Waals surface area contributed by atoms with Crippen LogP contribution in [0.5, 0.6) is 5.75 Å². The molecule has 0 bridgehead atoms. The summed E-state index contributed by atoms with van der Waals surface area (Å²) in [6.45, 7) is 15.3. The average molecular weight is 549 g/mol. The number of fused-ring (bicyclic) bond motifs is 5. The maximum Gasteiger partial charge on any atom is 0.338 e. The van der Waals surface area contributed by atoms with Crippen molar-refractivity contribution in [3.05, 3.63) is 41.5 Å². The minimum atomic E-state index is -0.196. The largest absolute Gasteiger partial charge is 0.494 e. The van der Waals surface area contributed by atoms with Crippen LogP contribution in [-0.4, -0.2) is 18.7 Å². The molecule has 0 saturated heterocycles. The van der Waals surface area contributed by atoms with Crippen LogP contribution in [0.3, 0.4) is 0 Å². The van der Waals surface area contributed by atoms with Crippen LogP contribution in [0.2, 0.25) is 0 Å². The Morgan fingerprint density at radius 1 is 0.975 bits per heavy atom. The second-order valence-electron chi connectivity index (χ2n) is 14.9. The summed E-state index contributed by atoms with van der Waals surface area (Å²) < 4.78 is 11.7. The van der Waals surface area contributed by atoms with Crippen LogP contribution in [-0.2, 0) is 4.74 Å². The molecule has 8 atom stereocenters. The molecule has 0 heterocycles. The third-order valence-corrected chi connectivity index (χ3v) is 12.1. The summed E-state index contributed by atoms with van der Waals surface area (Å²) in [7, 11) is 0. The monoisotopic (exact) mass is 548 g/mol. The maximum atomic E-state index is 13.0. The molecule has 4 aliphatic carbocycles. The van der Waals surface area contributed by atoms with E-state index < -0.39 is 0 Å². The fourth-order valence-corrected chi connectivity index (χ4v) is 9.88. The van der Waals surface area contributed by atoms with Crippen LogP contribution in [0.1, 0.15) is 129 Å². The van der Waals surface area contributed by atoms with Gasteiger partial charge in [-0.15, -0.1) is 0 Å². The van der Waals surface area contributed by atoms with Crippen molar-refractivity contribution in [3.63, 3.8) is 0 Å². The zero-order valence-corrected chi connectivity index (χ0v) is 26.3. The molecule has 222 valence electrons. The van der Waals surface area contributed by atoms with E-state index in [4.69, 9.17) is 9.47 Å². The van der Waals surface area contributed by atoms with Crippen LogP contribution >= 0.6 is 0 Å². The molecule has 0 radical (unpaired) electrons. The van der Waals surface area contributed by atoms with Crippen molar-refractivity contribution in [2.75, 3.05) is 6.61 Å². The van der Waals surface area contributed by atoms with Crippen LogP contribution in [0.25, 0.3) is 0 Å². The van der Waals surface area contributed by atoms with E-state index in [2.05, 4.69) is 47.6 Å². The van der Waals surface area contributed by atoms with Gasteiger partial charge in [0, 0.05) is 6.42 Å².